The first-order valence-corrected chi connectivity index (χ1v) is 12.1. The largest absolute Gasteiger partial charge is 0.378 e. The lowest BCUT2D eigenvalue weighted by Crippen LogP contribution is -2.48. The van der Waals surface area contributed by atoms with Crippen LogP contribution >= 0.6 is 0 Å². The molecule has 9 nitrogen and oxygen atoms in total. The van der Waals surface area contributed by atoms with E-state index in [1.165, 1.54) is 0 Å². The molecule has 1 saturated heterocycles. The minimum absolute atomic E-state index is 0.125. The number of carbonyl (C=O) groups is 2. The Labute approximate surface area is 192 Å². The third-order valence-electron chi connectivity index (χ3n) is 6.23. The number of rotatable bonds is 5. The summed E-state index contributed by atoms with van der Waals surface area (Å²) in [7, 11) is -3.44. The Kier molecular flexibility index (Phi) is 6.17. The number of para-hydroxylation sites is 1. The van der Waals surface area contributed by atoms with Crippen LogP contribution < -0.4 is 15.7 Å². The van der Waals surface area contributed by atoms with Crippen LogP contribution in [-0.2, 0) is 25.9 Å². The van der Waals surface area contributed by atoms with Crippen molar-refractivity contribution in [3.8, 4) is 0 Å². The van der Waals surface area contributed by atoms with Gasteiger partial charge in [0.15, 0.2) is 9.84 Å². The van der Waals surface area contributed by atoms with Crippen molar-refractivity contribution < 1.29 is 28.0 Å². The van der Waals surface area contributed by atoms with E-state index in [9.17, 15) is 18.0 Å². The molecule has 2 aliphatic heterocycles. The standard InChI is InChI=1S/C23H27N3O6S/c1-23(2)14-26(19-5-3-4-6-20(19)33(23,30)31)11-15-7-9-16(10-8-15)21(27)24-18-13-32-12-17(18)22(28)25-29/h3-10,17-18,29H,11-14H2,1-2H3,(H,24,27)(H,25,28)/t17-,18+/m0/s1. The number of hydrogen-bond donors (Lipinski definition) is 3. The van der Waals surface area contributed by atoms with Crippen LogP contribution in [0, 0.1) is 5.92 Å². The predicted molar refractivity (Wildman–Crippen MR) is 121 cm³/mol. The predicted octanol–water partition coefficient (Wildman–Crippen LogP) is 1.51. The molecule has 0 aromatic heterocycles. The van der Waals surface area contributed by atoms with Gasteiger partial charge in [0, 0.05) is 18.7 Å². The van der Waals surface area contributed by atoms with Gasteiger partial charge in [-0.05, 0) is 43.7 Å². The molecular formula is C23H27N3O6S. The summed E-state index contributed by atoms with van der Waals surface area (Å²) >= 11 is 0. The molecule has 0 aliphatic carbocycles. The summed E-state index contributed by atoms with van der Waals surface area (Å²) in [6, 6.07) is 13.5. The zero-order valence-electron chi connectivity index (χ0n) is 18.4. The number of nitrogens with zero attached hydrogens (tertiary/aromatic N) is 1. The molecule has 0 radical (unpaired) electrons. The third kappa shape index (κ3) is 4.33. The van der Waals surface area contributed by atoms with Crippen molar-refractivity contribution in [2.75, 3.05) is 24.7 Å². The Bertz CT molecular complexity index is 1160. The van der Waals surface area contributed by atoms with Gasteiger partial charge >= 0.3 is 0 Å². The molecule has 1 fully saturated rings. The summed E-state index contributed by atoms with van der Waals surface area (Å²) < 4.78 is 30.2. The summed E-state index contributed by atoms with van der Waals surface area (Å²) in [5, 5.41) is 11.6. The molecule has 2 aromatic rings. The normalized spacial score (nSPS) is 22.9. The topological polar surface area (TPSA) is 125 Å². The number of fused-ring (bicyclic) bond motifs is 1. The van der Waals surface area contributed by atoms with Crippen molar-refractivity contribution in [3.05, 3.63) is 59.7 Å². The van der Waals surface area contributed by atoms with Crippen molar-refractivity contribution >= 4 is 27.3 Å². The van der Waals surface area contributed by atoms with Crippen molar-refractivity contribution in [1.82, 2.24) is 10.8 Å². The maximum absolute atomic E-state index is 13.0. The highest BCUT2D eigenvalue weighted by atomic mass is 32.2. The zero-order valence-corrected chi connectivity index (χ0v) is 19.3. The summed E-state index contributed by atoms with van der Waals surface area (Å²) in [6.45, 7) is 4.62. The van der Waals surface area contributed by atoms with Crippen LogP contribution in [-0.4, -0.2) is 56.0 Å². The van der Waals surface area contributed by atoms with Crippen molar-refractivity contribution in [2.45, 2.75) is 36.1 Å². The molecule has 10 heteroatoms. The molecule has 176 valence electrons. The van der Waals surface area contributed by atoms with Crippen LogP contribution in [0.15, 0.2) is 53.4 Å². The minimum atomic E-state index is -3.44. The molecule has 2 atom stereocenters. The van der Waals surface area contributed by atoms with Gasteiger partial charge in [-0.1, -0.05) is 24.3 Å². The lowest BCUT2D eigenvalue weighted by atomic mass is 10.0. The van der Waals surface area contributed by atoms with Gasteiger partial charge in [0.1, 0.15) is 0 Å². The highest BCUT2D eigenvalue weighted by Gasteiger charge is 2.43. The monoisotopic (exact) mass is 473 g/mol. The summed E-state index contributed by atoms with van der Waals surface area (Å²) in [5.41, 5.74) is 3.63. The first-order chi connectivity index (χ1) is 15.6. The van der Waals surface area contributed by atoms with E-state index < -0.39 is 32.5 Å². The summed E-state index contributed by atoms with van der Waals surface area (Å²) in [5.74, 6) is -1.60. The number of amides is 2. The Morgan fingerprint density at radius 1 is 1.12 bits per heavy atom. The molecule has 0 unspecified atom stereocenters. The van der Waals surface area contributed by atoms with E-state index in [2.05, 4.69) is 5.32 Å². The van der Waals surface area contributed by atoms with E-state index in [4.69, 9.17) is 9.94 Å². The number of benzene rings is 2. The van der Waals surface area contributed by atoms with Gasteiger partial charge in [-0.25, -0.2) is 13.9 Å². The number of hydroxylamine groups is 1. The van der Waals surface area contributed by atoms with Gasteiger partial charge in [-0.15, -0.1) is 0 Å². The second kappa shape index (κ2) is 8.77. The van der Waals surface area contributed by atoms with Gasteiger partial charge in [0.05, 0.1) is 40.5 Å². The van der Waals surface area contributed by atoms with Gasteiger partial charge < -0.3 is 15.0 Å². The fourth-order valence-corrected chi connectivity index (χ4v) is 5.94. The van der Waals surface area contributed by atoms with Crippen molar-refractivity contribution in [3.63, 3.8) is 0 Å². The molecule has 2 aliphatic rings. The van der Waals surface area contributed by atoms with E-state index in [-0.39, 0.29) is 19.1 Å². The average molecular weight is 474 g/mol. The maximum Gasteiger partial charge on any atom is 0.251 e. The van der Waals surface area contributed by atoms with E-state index >= 15 is 0 Å². The van der Waals surface area contributed by atoms with Crippen LogP contribution in [0.25, 0.3) is 0 Å². The zero-order chi connectivity index (χ0) is 23.8. The number of hydrogen-bond acceptors (Lipinski definition) is 7. The fourth-order valence-electron chi connectivity index (χ4n) is 4.29. The second-order valence-electron chi connectivity index (χ2n) is 8.98. The lowest BCUT2D eigenvalue weighted by Gasteiger charge is -2.40. The van der Waals surface area contributed by atoms with Crippen LogP contribution in [0.5, 0.6) is 0 Å². The Hall–Kier alpha value is -2.95. The maximum atomic E-state index is 13.0. The molecule has 33 heavy (non-hydrogen) atoms. The van der Waals surface area contributed by atoms with Crippen LogP contribution in [0.2, 0.25) is 0 Å². The number of ether oxygens (including phenoxy) is 1. The summed E-state index contributed by atoms with van der Waals surface area (Å²) in [6.07, 6.45) is 0. The number of carbonyl (C=O) groups excluding carboxylic acids is 2. The Morgan fingerprint density at radius 3 is 2.52 bits per heavy atom. The SMILES string of the molecule is CC1(C)CN(Cc2ccc(C(=O)N[C@@H]3COC[C@@H]3C(=O)NO)cc2)c2ccccc2S1(=O)=O. The number of sulfone groups is 1. The van der Waals surface area contributed by atoms with Crippen molar-refractivity contribution in [1.29, 1.82) is 0 Å². The molecule has 2 amide bonds. The van der Waals surface area contributed by atoms with Crippen LogP contribution in [0.3, 0.4) is 0 Å². The second-order valence-corrected chi connectivity index (χ2v) is 11.5. The van der Waals surface area contributed by atoms with Gasteiger partial charge in [0.2, 0.25) is 0 Å². The molecule has 4 rings (SSSR count). The molecular weight excluding hydrogens is 446 g/mol. The van der Waals surface area contributed by atoms with E-state index in [0.717, 1.165) is 5.56 Å². The average Bonchev–Trinajstić information content (AvgIpc) is 3.25. The third-order valence-corrected chi connectivity index (χ3v) is 8.74. The van der Waals surface area contributed by atoms with Crippen LogP contribution in [0.1, 0.15) is 29.8 Å². The summed E-state index contributed by atoms with van der Waals surface area (Å²) in [4.78, 5) is 26.7. The number of nitrogens with one attached hydrogen (secondary N) is 2. The fraction of sp³-hybridized carbons (Fsp3) is 0.391. The van der Waals surface area contributed by atoms with Gasteiger partial charge in [0.25, 0.3) is 11.8 Å². The van der Waals surface area contributed by atoms with E-state index in [1.54, 1.807) is 43.6 Å². The van der Waals surface area contributed by atoms with Crippen molar-refractivity contribution in [2.24, 2.45) is 5.92 Å². The first-order valence-electron chi connectivity index (χ1n) is 10.6. The molecule has 0 bridgehead atoms. The molecule has 0 spiro atoms. The smallest absolute Gasteiger partial charge is 0.251 e. The van der Waals surface area contributed by atoms with E-state index in [0.29, 0.717) is 29.2 Å². The molecule has 3 N–H and O–H groups in total. The first kappa shape index (κ1) is 23.2. The number of anilines is 1. The molecule has 0 saturated carbocycles. The van der Waals surface area contributed by atoms with E-state index in [1.807, 2.05) is 29.2 Å². The Morgan fingerprint density at radius 2 is 1.82 bits per heavy atom. The molecule has 2 heterocycles. The highest BCUT2D eigenvalue weighted by Crippen LogP contribution is 2.39. The molecule has 2 aromatic carbocycles. The highest BCUT2D eigenvalue weighted by molar-refractivity contribution is 7.93. The van der Waals surface area contributed by atoms with Gasteiger partial charge in [-0.3, -0.25) is 14.8 Å². The quantitative estimate of drug-likeness (QED) is 0.444. The van der Waals surface area contributed by atoms with Gasteiger partial charge in [-0.2, -0.15) is 0 Å². The minimum Gasteiger partial charge on any atom is -0.378 e. The Balaban J connectivity index is 1.48. The van der Waals surface area contributed by atoms with Crippen LogP contribution in [0.4, 0.5) is 5.69 Å². The lowest BCUT2D eigenvalue weighted by molar-refractivity contribution is -0.133.